The molecule has 0 saturated heterocycles. The van der Waals surface area contributed by atoms with Crippen LogP contribution in [0.1, 0.15) is 19.0 Å². The van der Waals surface area contributed by atoms with Gasteiger partial charge in [0.25, 0.3) is 0 Å². The molecule has 0 amide bonds. The predicted octanol–water partition coefficient (Wildman–Crippen LogP) is 3.20. The van der Waals surface area contributed by atoms with Crippen LogP contribution in [0.25, 0.3) is 0 Å². The molecule has 2 N–H and O–H groups in total. The lowest BCUT2D eigenvalue weighted by Gasteiger charge is -2.10. The van der Waals surface area contributed by atoms with Crippen LogP contribution in [-0.4, -0.2) is 21.6 Å². The molecule has 0 unspecified atom stereocenters. The van der Waals surface area contributed by atoms with Gasteiger partial charge in [0.05, 0.1) is 22.3 Å². The molecule has 5 nitrogen and oxygen atoms in total. The third-order valence-electron chi connectivity index (χ3n) is 2.82. The molecule has 0 aliphatic heterocycles. The van der Waals surface area contributed by atoms with Gasteiger partial charge in [0.15, 0.2) is 11.6 Å². The van der Waals surface area contributed by atoms with Crippen LogP contribution in [0.15, 0.2) is 18.2 Å². The van der Waals surface area contributed by atoms with Crippen molar-refractivity contribution in [2.45, 2.75) is 26.3 Å². The molecule has 108 valence electrons. The van der Waals surface area contributed by atoms with E-state index in [0.717, 1.165) is 18.5 Å². The number of para-hydroxylation sites is 1. The predicted molar refractivity (Wildman–Crippen MR) is 80.4 cm³/mol. The first-order valence-corrected chi connectivity index (χ1v) is 7.13. The first-order chi connectivity index (χ1) is 9.63. The Morgan fingerprint density at radius 3 is 2.65 bits per heavy atom. The molecule has 1 heterocycles. The number of halogens is 2. The number of nitrogen functional groups attached to an aromatic ring is 1. The van der Waals surface area contributed by atoms with E-state index >= 15 is 0 Å². The van der Waals surface area contributed by atoms with Crippen molar-refractivity contribution in [2.24, 2.45) is 0 Å². The molecule has 0 aliphatic carbocycles. The van der Waals surface area contributed by atoms with E-state index in [9.17, 15) is 0 Å². The third kappa shape index (κ3) is 3.35. The number of aromatic nitrogens is 3. The van der Waals surface area contributed by atoms with Crippen molar-refractivity contribution < 1.29 is 4.74 Å². The summed E-state index contributed by atoms with van der Waals surface area (Å²) >= 11 is 12.1. The van der Waals surface area contributed by atoms with Gasteiger partial charge < -0.3 is 10.5 Å². The quantitative estimate of drug-likeness (QED) is 0.889. The van der Waals surface area contributed by atoms with Gasteiger partial charge in [0, 0.05) is 0 Å². The van der Waals surface area contributed by atoms with E-state index in [1.807, 2.05) is 0 Å². The zero-order valence-electron chi connectivity index (χ0n) is 11.1. The van der Waals surface area contributed by atoms with E-state index in [0.29, 0.717) is 34.8 Å². The summed E-state index contributed by atoms with van der Waals surface area (Å²) in [6.07, 6.45) is 1.82. The first kappa shape index (κ1) is 14.9. The number of nitrogens with two attached hydrogens (primary N) is 1. The van der Waals surface area contributed by atoms with Crippen LogP contribution < -0.4 is 10.5 Å². The minimum Gasteiger partial charge on any atom is -0.489 e. The number of nitrogens with zero attached hydrogens (tertiary/aromatic N) is 3. The summed E-state index contributed by atoms with van der Waals surface area (Å²) in [6, 6.07) is 5.24. The zero-order valence-corrected chi connectivity index (χ0v) is 12.7. The van der Waals surface area contributed by atoms with Gasteiger partial charge in [-0.25, -0.2) is 4.68 Å². The normalized spacial score (nSPS) is 10.8. The van der Waals surface area contributed by atoms with E-state index in [1.165, 1.54) is 0 Å². The van der Waals surface area contributed by atoms with Crippen LogP contribution in [0.2, 0.25) is 10.0 Å². The van der Waals surface area contributed by atoms with E-state index in [1.54, 1.807) is 22.9 Å². The Bertz CT molecular complexity index is 565. The van der Waals surface area contributed by atoms with Gasteiger partial charge >= 0.3 is 0 Å². The maximum absolute atomic E-state index is 6.03. The van der Waals surface area contributed by atoms with Gasteiger partial charge in [-0.15, -0.1) is 5.10 Å². The molecule has 1 aromatic heterocycles. The summed E-state index contributed by atoms with van der Waals surface area (Å²) in [5, 5.41) is 8.87. The van der Waals surface area contributed by atoms with Crippen LogP contribution in [0.5, 0.6) is 5.75 Å². The number of benzene rings is 1. The minimum atomic E-state index is 0.392. The van der Waals surface area contributed by atoms with Crippen LogP contribution in [0, 0.1) is 0 Å². The average molecular weight is 315 g/mol. The highest BCUT2D eigenvalue weighted by molar-refractivity contribution is 6.37. The van der Waals surface area contributed by atoms with Crippen molar-refractivity contribution in [1.82, 2.24) is 15.0 Å². The molecule has 0 aliphatic rings. The summed E-state index contributed by atoms with van der Waals surface area (Å²) < 4.78 is 7.37. The molecule has 20 heavy (non-hydrogen) atoms. The number of anilines is 1. The fourth-order valence-corrected chi connectivity index (χ4v) is 2.38. The lowest BCUT2D eigenvalue weighted by Crippen LogP contribution is -2.13. The number of ether oxygens (including phenoxy) is 1. The summed E-state index contributed by atoms with van der Waals surface area (Å²) in [4.78, 5) is 0. The van der Waals surface area contributed by atoms with Crippen molar-refractivity contribution in [3.05, 3.63) is 33.9 Å². The molecule has 2 aromatic rings. The summed E-state index contributed by atoms with van der Waals surface area (Å²) in [6.45, 7) is 3.01. The van der Waals surface area contributed by atoms with Crippen molar-refractivity contribution in [2.75, 3.05) is 12.3 Å². The van der Waals surface area contributed by atoms with Crippen molar-refractivity contribution in [3.8, 4) is 5.75 Å². The number of rotatable bonds is 6. The van der Waals surface area contributed by atoms with E-state index in [4.69, 9.17) is 33.7 Å². The van der Waals surface area contributed by atoms with Crippen molar-refractivity contribution in [1.29, 1.82) is 0 Å². The Balaban J connectivity index is 2.00. The fourth-order valence-electron chi connectivity index (χ4n) is 1.87. The van der Waals surface area contributed by atoms with Gasteiger partial charge in [-0.3, -0.25) is 0 Å². The Kier molecular flexibility index (Phi) is 5.09. The molecular formula is C13H16Cl2N4O. The highest BCUT2D eigenvalue weighted by atomic mass is 35.5. The molecule has 0 saturated carbocycles. The van der Waals surface area contributed by atoms with Gasteiger partial charge in [0.1, 0.15) is 6.61 Å². The molecule has 7 heteroatoms. The zero-order chi connectivity index (χ0) is 14.5. The SMILES string of the molecule is CCCc1c(N)nnn1CCOc1c(Cl)cccc1Cl. The second-order valence-corrected chi connectivity index (χ2v) is 5.11. The van der Waals surface area contributed by atoms with Gasteiger partial charge in [-0.05, 0) is 18.6 Å². The Morgan fingerprint density at radius 2 is 2.00 bits per heavy atom. The van der Waals surface area contributed by atoms with Crippen LogP contribution in [0.4, 0.5) is 5.82 Å². The molecule has 2 rings (SSSR count). The minimum absolute atomic E-state index is 0.392. The lowest BCUT2D eigenvalue weighted by atomic mass is 10.2. The van der Waals surface area contributed by atoms with E-state index in [-0.39, 0.29) is 0 Å². The van der Waals surface area contributed by atoms with E-state index < -0.39 is 0 Å². The summed E-state index contributed by atoms with van der Waals surface area (Å²) in [7, 11) is 0. The number of hydrogen-bond donors (Lipinski definition) is 1. The van der Waals surface area contributed by atoms with Crippen LogP contribution in [-0.2, 0) is 13.0 Å². The van der Waals surface area contributed by atoms with Crippen LogP contribution in [0.3, 0.4) is 0 Å². The van der Waals surface area contributed by atoms with Crippen molar-refractivity contribution >= 4 is 29.0 Å². The molecule has 0 spiro atoms. The highest BCUT2D eigenvalue weighted by Crippen LogP contribution is 2.32. The molecule has 0 radical (unpaired) electrons. The summed E-state index contributed by atoms with van der Waals surface area (Å²) in [5.41, 5.74) is 6.71. The monoisotopic (exact) mass is 314 g/mol. The molecule has 0 bridgehead atoms. The summed E-state index contributed by atoms with van der Waals surface area (Å²) in [5.74, 6) is 0.962. The molecule has 0 fully saturated rings. The molecule has 0 atom stereocenters. The second-order valence-electron chi connectivity index (χ2n) is 4.29. The highest BCUT2D eigenvalue weighted by Gasteiger charge is 2.10. The lowest BCUT2D eigenvalue weighted by molar-refractivity contribution is 0.287. The van der Waals surface area contributed by atoms with Gasteiger partial charge in [0.2, 0.25) is 0 Å². The third-order valence-corrected chi connectivity index (χ3v) is 3.42. The Hall–Kier alpha value is -1.46. The molecular weight excluding hydrogens is 299 g/mol. The van der Waals surface area contributed by atoms with Crippen LogP contribution >= 0.6 is 23.2 Å². The first-order valence-electron chi connectivity index (χ1n) is 6.38. The standard InChI is InChI=1S/C13H16Cl2N4O/c1-2-4-11-13(16)17-18-19(11)7-8-20-12-9(14)5-3-6-10(12)15/h3,5-6H,2,4,7-8,16H2,1H3. The molecule has 1 aromatic carbocycles. The van der Waals surface area contributed by atoms with Gasteiger partial charge in [-0.1, -0.05) is 47.8 Å². The smallest absolute Gasteiger partial charge is 0.169 e. The maximum Gasteiger partial charge on any atom is 0.169 e. The largest absolute Gasteiger partial charge is 0.489 e. The van der Waals surface area contributed by atoms with Crippen molar-refractivity contribution in [3.63, 3.8) is 0 Å². The maximum atomic E-state index is 6.03. The second kappa shape index (κ2) is 6.81. The van der Waals surface area contributed by atoms with E-state index in [2.05, 4.69) is 17.2 Å². The number of hydrogen-bond acceptors (Lipinski definition) is 4. The average Bonchev–Trinajstić information content (AvgIpc) is 2.75. The Morgan fingerprint density at radius 1 is 1.30 bits per heavy atom. The topological polar surface area (TPSA) is 66.0 Å². The fraction of sp³-hybridized carbons (Fsp3) is 0.385. The van der Waals surface area contributed by atoms with Gasteiger partial charge in [-0.2, -0.15) is 0 Å². The Labute approximate surface area is 127 Å².